The highest BCUT2D eigenvalue weighted by Gasteiger charge is 2.58. The minimum atomic E-state index is -4.83. The van der Waals surface area contributed by atoms with E-state index in [-0.39, 0.29) is 24.4 Å². The monoisotopic (exact) mass is 655 g/mol. The summed E-state index contributed by atoms with van der Waals surface area (Å²) in [5.74, 6) is -9.59. The number of nitrogens with one attached hydrogen (secondary N) is 1. The lowest BCUT2D eigenvalue weighted by Crippen LogP contribution is -2.52. The number of fused-ring (bicyclic) bond motifs is 1. The molecule has 6 N–H and O–H groups in total. The Bertz CT molecular complexity index is 1520. The highest BCUT2D eigenvalue weighted by Crippen LogP contribution is 2.43. The predicted octanol–water partition coefficient (Wildman–Crippen LogP) is 3.52. The van der Waals surface area contributed by atoms with E-state index in [4.69, 9.17) is 11.5 Å². The van der Waals surface area contributed by atoms with Crippen LogP contribution in [0.1, 0.15) is 43.2 Å². The van der Waals surface area contributed by atoms with E-state index in [1.54, 1.807) is 54.6 Å². The predicted molar refractivity (Wildman–Crippen MR) is 152 cm³/mol. The third-order valence-corrected chi connectivity index (χ3v) is 8.15. The maximum absolute atomic E-state index is 14.1. The molecule has 2 aromatic rings. The number of rotatable bonds is 12. The molecule has 5 atom stereocenters. The first-order valence-corrected chi connectivity index (χ1v) is 14.2. The fourth-order valence-electron chi connectivity index (χ4n) is 5.53. The van der Waals surface area contributed by atoms with Gasteiger partial charge in [0.1, 0.15) is 5.54 Å². The summed E-state index contributed by atoms with van der Waals surface area (Å²) in [6.07, 6.45) is -16.8. The molecule has 5 unspecified atom stereocenters. The lowest BCUT2D eigenvalue weighted by Gasteiger charge is -2.28. The number of amides is 3. The Morgan fingerprint density at radius 3 is 2.07 bits per heavy atom. The maximum atomic E-state index is 14.1. The number of para-hydroxylation sites is 1. The zero-order valence-corrected chi connectivity index (χ0v) is 24.1. The number of hydrogen-bond donors (Lipinski definition) is 4. The fraction of sp³-hybridized carbons (Fsp3) is 0.433. The van der Waals surface area contributed by atoms with Gasteiger partial charge in [-0.05, 0) is 25.3 Å². The zero-order valence-electron chi connectivity index (χ0n) is 24.1. The minimum Gasteiger partial charge on any atom is -0.480 e. The highest BCUT2D eigenvalue weighted by atomic mass is 19.4. The van der Waals surface area contributed by atoms with Crippen LogP contribution in [0.4, 0.5) is 32.0 Å². The number of alkyl halides is 6. The van der Waals surface area contributed by atoms with Crippen LogP contribution in [0, 0.1) is 17.8 Å². The van der Waals surface area contributed by atoms with Crippen LogP contribution in [-0.2, 0) is 19.2 Å². The van der Waals surface area contributed by atoms with E-state index in [0.717, 1.165) is 0 Å². The summed E-state index contributed by atoms with van der Waals surface area (Å²) < 4.78 is 78.8. The fourth-order valence-corrected chi connectivity index (χ4v) is 5.53. The summed E-state index contributed by atoms with van der Waals surface area (Å²) in [5.41, 5.74) is 11.0. The number of carboxylic acid groups (broad SMARTS) is 1. The molecule has 0 aromatic heterocycles. The van der Waals surface area contributed by atoms with Crippen LogP contribution in [0.2, 0.25) is 0 Å². The van der Waals surface area contributed by atoms with Crippen molar-refractivity contribution >= 4 is 35.1 Å². The highest BCUT2D eigenvalue weighted by molar-refractivity contribution is 6.20. The summed E-state index contributed by atoms with van der Waals surface area (Å²) in [5, 5.41) is 11.8. The number of benzene rings is 2. The number of carbonyl (C=O) groups is 4. The second-order valence-corrected chi connectivity index (χ2v) is 11.4. The number of carbonyl (C=O) groups excluding carboxylic acids is 3. The van der Waals surface area contributed by atoms with Gasteiger partial charge in [-0.2, -0.15) is 26.3 Å². The molecule has 2 aromatic carbocycles. The molecule has 248 valence electrons. The number of nitrogens with two attached hydrogens (primary N) is 2. The summed E-state index contributed by atoms with van der Waals surface area (Å²) in [7, 11) is 0. The van der Waals surface area contributed by atoms with Crippen molar-refractivity contribution in [3.8, 4) is 0 Å². The lowest BCUT2D eigenvalue weighted by atomic mass is 9.83. The Labute approximate surface area is 258 Å². The van der Waals surface area contributed by atoms with Crippen LogP contribution < -0.4 is 21.7 Å². The summed E-state index contributed by atoms with van der Waals surface area (Å²) in [6, 6.07) is 14.8. The van der Waals surface area contributed by atoms with E-state index >= 15 is 0 Å². The van der Waals surface area contributed by atoms with E-state index in [2.05, 4.69) is 10.3 Å². The van der Waals surface area contributed by atoms with Gasteiger partial charge in [-0.15, -0.1) is 0 Å². The lowest BCUT2D eigenvalue weighted by molar-refractivity contribution is -0.152. The van der Waals surface area contributed by atoms with Gasteiger partial charge >= 0.3 is 18.3 Å². The smallest absolute Gasteiger partial charge is 0.389 e. The van der Waals surface area contributed by atoms with Gasteiger partial charge in [0.15, 0.2) is 0 Å². The molecule has 2 aliphatic rings. The SMILES string of the molecule is NC(=O)C(CCC(F)(F)F)C(CCC(F)(F)F)C(=O)NC1N=C(c2ccccc2)c2ccccc2N(CC2CC2(N)C(=O)O)C1=O. The van der Waals surface area contributed by atoms with Crippen LogP contribution in [0.25, 0.3) is 0 Å². The van der Waals surface area contributed by atoms with Crippen LogP contribution in [0.3, 0.4) is 0 Å². The number of aliphatic carboxylic acids is 1. The molecular weight excluding hydrogens is 624 g/mol. The number of carboxylic acids is 1. The molecule has 3 amide bonds. The first-order valence-electron chi connectivity index (χ1n) is 14.2. The van der Waals surface area contributed by atoms with Gasteiger partial charge in [0.25, 0.3) is 5.91 Å². The van der Waals surface area contributed by atoms with E-state index in [1.165, 1.54) is 4.90 Å². The first-order chi connectivity index (χ1) is 21.4. The van der Waals surface area contributed by atoms with Crippen molar-refractivity contribution in [2.45, 2.75) is 56.2 Å². The molecule has 0 spiro atoms. The Morgan fingerprint density at radius 2 is 1.52 bits per heavy atom. The molecule has 0 bridgehead atoms. The zero-order chi connectivity index (χ0) is 34.0. The van der Waals surface area contributed by atoms with Crippen molar-refractivity contribution in [3.63, 3.8) is 0 Å². The summed E-state index contributed by atoms with van der Waals surface area (Å²) >= 11 is 0. The van der Waals surface area contributed by atoms with Gasteiger partial charge < -0.3 is 26.8 Å². The van der Waals surface area contributed by atoms with Crippen molar-refractivity contribution < 1.29 is 50.6 Å². The number of nitrogens with zero attached hydrogens (tertiary/aromatic N) is 2. The van der Waals surface area contributed by atoms with Crippen LogP contribution in [-0.4, -0.2) is 65.1 Å². The number of anilines is 1. The van der Waals surface area contributed by atoms with Crippen LogP contribution in [0.15, 0.2) is 59.6 Å². The van der Waals surface area contributed by atoms with Crippen molar-refractivity contribution in [2.24, 2.45) is 34.2 Å². The molecule has 1 heterocycles. The van der Waals surface area contributed by atoms with Crippen molar-refractivity contribution in [1.82, 2.24) is 5.32 Å². The van der Waals surface area contributed by atoms with E-state index in [0.29, 0.717) is 11.1 Å². The van der Waals surface area contributed by atoms with Gasteiger partial charge in [-0.3, -0.25) is 19.2 Å². The third-order valence-electron chi connectivity index (χ3n) is 8.15. The second kappa shape index (κ2) is 13.1. The number of primary amides is 1. The molecule has 0 radical (unpaired) electrons. The number of halogens is 6. The Balaban J connectivity index is 1.76. The molecule has 0 saturated heterocycles. The summed E-state index contributed by atoms with van der Waals surface area (Å²) in [6.45, 7) is -0.227. The Kier molecular flexibility index (Phi) is 9.80. The van der Waals surface area contributed by atoms with Crippen molar-refractivity contribution in [1.29, 1.82) is 0 Å². The Hall–Kier alpha value is -4.47. The quantitative estimate of drug-likeness (QED) is 0.255. The van der Waals surface area contributed by atoms with E-state index < -0.39 is 91.2 Å². The van der Waals surface area contributed by atoms with Crippen molar-refractivity contribution in [2.75, 3.05) is 11.4 Å². The van der Waals surface area contributed by atoms with Crippen LogP contribution in [0.5, 0.6) is 0 Å². The van der Waals surface area contributed by atoms with Gasteiger partial charge in [-0.1, -0.05) is 48.5 Å². The average Bonchev–Trinajstić information content (AvgIpc) is 3.66. The van der Waals surface area contributed by atoms with Crippen LogP contribution >= 0.6 is 0 Å². The molecule has 16 heteroatoms. The van der Waals surface area contributed by atoms with Gasteiger partial charge in [0.2, 0.25) is 18.0 Å². The normalized spacial score (nSPS) is 22.6. The summed E-state index contributed by atoms with van der Waals surface area (Å²) in [4.78, 5) is 57.2. The molecule has 1 aliphatic heterocycles. The van der Waals surface area contributed by atoms with Crippen molar-refractivity contribution in [3.05, 3.63) is 65.7 Å². The number of aliphatic imine (C=N–C) groups is 1. The van der Waals surface area contributed by atoms with Gasteiger partial charge in [-0.25, -0.2) is 4.99 Å². The first kappa shape index (κ1) is 34.4. The number of benzodiazepines with no additional fused rings is 1. The van der Waals surface area contributed by atoms with E-state index in [1.807, 2.05) is 0 Å². The number of hydrogen-bond acceptors (Lipinski definition) is 6. The largest absolute Gasteiger partial charge is 0.480 e. The molecule has 46 heavy (non-hydrogen) atoms. The molecule has 10 nitrogen and oxygen atoms in total. The molecule has 1 fully saturated rings. The second-order valence-electron chi connectivity index (χ2n) is 11.4. The molecule has 1 saturated carbocycles. The standard InChI is InChI=1S/C30H31F6N5O5/c31-29(32,33)12-10-18(23(37)42)19(11-13-30(34,35)36)25(43)40-24-26(44)41(15-17-14-28(17,38)27(45)46)21-9-5-4-8-20(21)22(39-24)16-6-2-1-3-7-16/h1-9,17-19,24H,10-15,38H2,(H2,37,42)(H,40,43)(H,45,46). The van der Waals surface area contributed by atoms with E-state index in [9.17, 15) is 50.6 Å². The Morgan fingerprint density at radius 1 is 0.957 bits per heavy atom. The maximum Gasteiger partial charge on any atom is 0.389 e. The molecular formula is C30H31F6N5O5. The molecule has 4 rings (SSSR count). The third kappa shape index (κ3) is 8.02. The van der Waals surface area contributed by atoms with Gasteiger partial charge in [0.05, 0.1) is 11.4 Å². The minimum absolute atomic E-state index is 0.0245. The molecule has 1 aliphatic carbocycles. The average molecular weight is 656 g/mol. The topological polar surface area (TPSA) is 168 Å². The van der Waals surface area contributed by atoms with Gasteiger partial charge in [0, 0.05) is 48.3 Å².